The molecule has 4 nitrogen and oxygen atoms in total. The van der Waals surface area contributed by atoms with Crippen molar-refractivity contribution in [2.75, 3.05) is 14.2 Å². The lowest BCUT2D eigenvalue weighted by Gasteiger charge is -2.39. The molecule has 0 saturated heterocycles. The molecular formula is C21H22F6O4. The predicted octanol–water partition coefficient (Wildman–Crippen LogP) is 5.42. The lowest BCUT2D eigenvalue weighted by Crippen LogP contribution is -2.55. The highest BCUT2D eigenvalue weighted by Crippen LogP contribution is 2.57. The van der Waals surface area contributed by atoms with E-state index < -0.39 is 53.6 Å². The standard InChI is InChI=1S/C21H22F6O4/c1-11-5-15(7-13(9-30-3)17(11)28)19(20(22,23)24,21(25,26)27)16-6-12(2)18(29)14(8-16)10-31-4/h5-8,28-29H,9-10H2,1-4H3. The van der Waals surface area contributed by atoms with Crippen LogP contribution in [-0.4, -0.2) is 36.8 Å². The number of ether oxygens (including phenoxy) is 2. The molecule has 0 aliphatic carbocycles. The van der Waals surface area contributed by atoms with Gasteiger partial charge in [0.1, 0.15) is 11.5 Å². The van der Waals surface area contributed by atoms with Gasteiger partial charge in [0.2, 0.25) is 5.41 Å². The molecule has 0 spiro atoms. The molecule has 0 unspecified atom stereocenters. The third kappa shape index (κ3) is 4.18. The molecule has 10 heteroatoms. The largest absolute Gasteiger partial charge is 0.507 e. The molecule has 2 aromatic carbocycles. The van der Waals surface area contributed by atoms with E-state index in [-0.39, 0.29) is 22.3 Å². The first kappa shape index (κ1) is 24.8. The number of hydrogen-bond acceptors (Lipinski definition) is 4. The van der Waals surface area contributed by atoms with Gasteiger partial charge in [-0.25, -0.2) is 0 Å². The fourth-order valence-electron chi connectivity index (χ4n) is 3.65. The van der Waals surface area contributed by atoms with Crippen LogP contribution < -0.4 is 0 Å². The Bertz CT molecular complexity index is 873. The third-order valence-corrected chi connectivity index (χ3v) is 5.07. The van der Waals surface area contributed by atoms with E-state index in [0.29, 0.717) is 24.3 Å². The van der Waals surface area contributed by atoms with Crippen molar-refractivity contribution in [3.05, 3.63) is 57.6 Å². The van der Waals surface area contributed by atoms with Crippen LogP contribution in [0.5, 0.6) is 11.5 Å². The Labute approximate surface area is 175 Å². The van der Waals surface area contributed by atoms with Gasteiger partial charge in [0.15, 0.2) is 0 Å². The van der Waals surface area contributed by atoms with Crippen molar-refractivity contribution in [1.29, 1.82) is 0 Å². The summed E-state index contributed by atoms with van der Waals surface area (Å²) in [5.41, 5.74) is -7.45. The molecule has 0 saturated carbocycles. The second-order valence-corrected chi connectivity index (χ2v) is 7.21. The monoisotopic (exact) mass is 452 g/mol. The fourth-order valence-corrected chi connectivity index (χ4v) is 3.65. The number of halogens is 6. The Kier molecular flexibility index (Phi) is 6.87. The van der Waals surface area contributed by atoms with Crippen LogP contribution in [0.2, 0.25) is 0 Å². The molecule has 0 aromatic heterocycles. The summed E-state index contributed by atoms with van der Waals surface area (Å²) in [7, 11) is 2.39. The van der Waals surface area contributed by atoms with Crippen LogP contribution in [0.15, 0.2) is 24.3 Å². The number of aryl methyl sites for hydroxylation is 2. The van der Waals surface area contributed by atoms with E-state index in [1.165, 1.54) is 28.1 Å². The average molecular weight is 452 g/mol. The van der Waals surface area contributed by atoms with Crippen LogP contribution in [-0.2, 0) is 28.1 Å². The number of hydrogen-bond donors (Lipinski definition) is 2. The van der Waals surface area contributed by atoms with Crippen molar-refractivity contribution < 1.29 is 46.0 Å². The Morgan fingerprint density at radius 1 is 0.677 bits per heavy atom. The Morgan fingerprint density at radius 3 is 1.26 bits per heavy atom. The first-order valence-electron chi connectivity index (χ1n) is 8.99. The van der Waals surface area contributed by atoms with Gasteiger partial charge in [-0.05, 0) is 48.2 Å². The second-order valence-electron chi connectivity index (χ2n) is 7.21. The van der Waals surface area contributed by atoms with Crippen molar-refractivity contribution in [3.8, 4) is 11.5 Å². The number of aromatic hydroxyl groups is 2. The van der Waals surface area contributed by atoms with Crippen molar-refractivity contribution >= 4 is 0 Å². The van der Waals surface area contributed by atoms with Gasteiger partial charge in [-0.2, -0.15) is 26.3 Å². The topological polar surface area (TPSA) is 58.9 Å². The normalized spacial score (nSPS) is 13.0. The first-order chi connectivity index (χ1) is 14.2. The Morgan fingerprint density at radius 2 is 1.00 bits per heavy atom. The van der Waals surface area contributed by atoms with E-state index >= 15 is 0 Å². The van der Waals surface area contributed by atoms with Gasteiger partial charge in [-0.15, -0.1) is 0 Å². The van der Waals surface area contributed by atoms with Crippen molar-refractivity contribution in [2.24, 2.45) is 0 Å². The zero-order valence-electron chi connectivity index (χ0n) is 17.2. The molecule has 2 rings (SSSR count). The van der Waals surface area contributed by atoms with Gasteiger partial charge < -0.3 is 19.7 Å². The molecule has 0 aliphatic rings. The first-order valence-corrected chi connectivity index (χ1v) is 8.99. The van der Waals surface area contributed by atoms with Crippen molar-refractivity contribution in [1.82, 2.24) is 0 Å². The highest BCUT2D eigenvalue weighted by molar-refractivity contribution is 5.54. The number of rotatable bonds is 6. The van der Waals surface area contributed by atoms with Gasteiger partial charge in [0, 0.05) is 25.3 Å². The Hall–Kier alpha value is -2.46. The lowest BCUT2D eigenvalue weighted by atomic mass is 9.71. The van der Waals surface area contributed by atoms with Gasteiger partial charge in [0.05, 0.1) is 13.2 Å². The number of benzene rings is 2. The summed E-state index contributed by atoms with van der Waals surface area (Å²) in [6.45, 7) is 1.62. The van der Waals surface area contributed by atoms with Crippen molar-refractivity contribution in [3.63, 3.8) is 0 Å². The van der Waals surface area contributed by atoms with Crippen LogP contribution in [0.1, 0.15) is 33.4 Å². The highest BCUT2D eigenvalue weighted by Gasteiger charge is 2.72. The van der Waals surface area contributed by atoms with Crippen LogP contribution in [0.4, 0.5) is 26.3 Å². The number of alkyl halides is 6. The molecule has 2 N–H and O–H groups in total. The minimum Gasteiger partial charge on any atom is -0.507 e. The van der Waals surface area contributed by atoms with E-state index in [9.17, 15) is 36.6 Å². The van der Waals surface area contributed by atoms with E-state index in [1.807, 2.05) is 0 Å². The zero-order chi connectivity index (χ0) is 23.8. The fraction of sp³-hybridized carbons (Fsp3) is 0.429. The maximum atomic E-state index is 14.4. The molecular weight excluding hydrogens is 430 g/mol. The van der Waals surface area contributed by atoms with Gasteiger partial charge in [0.25, 0.3) is 0 Å². The molecule has 0 heterocycles. The van der Waals surface area contributed by atoms with E-state index in [2.05, 4.69) is 0 Å². The van der Waals surface area contributed by atoms with Crippen LogP contribution in [0.25, 0.3) is 0 Å². The molecule has 172 valence electrons. The van der Waals surface area contributed by atoms with Crippen LogP contribution in [0, 0.1) is 13.8 Å². The number of phenols is 2. The minimum atomic E-state index is -5.81. The van der Waals surface area contributed by atoms with Gasteiger partial charge >= 0.3 is 12.4 Å². The van der Waals surface area contributed by atoms with E-state index in [4.69, 9.17) is 9.47 Å². The minimum absolute atomic E-state index is 0.171. The van der Waals surface area contributed by atoms with E-state index in [0.717, 1.165) is 0 Å². The number of methoxy groups -OCH3 is 2. The molecule has 0 amide bonds. The SMILES string of the molecule is COCc1cc(C(c2cc(C)c(O)c(COC)c2)(C(F)(F)F)C(F)(F)F)cc(C)c1O. The quantitative estimate of drug-likeness (QED) is 0.575. The summed E-state index contributed by atoms with van der Waals surface area (Å²) in [4.78, 5) is 0. The molecule has 0 fully saturated rings. The molecule has 0 atom stereocenters. The molecule has 0 aliphatic heterocycles. The Balaban J connectivity index is 3.05. The van der Waals surface area contributed by atoms with Crippen molar-refractivity contribution in [2.45, 2.75) is 44.8 Å². The summed E-state index contributed by atoms with van der Waals surface area (Å²) in [5.74, 6) is -0.906. The predicted molar refractivity (Wildman–Crippen MR) is 100 cm³/mol. The highest BCUT2D eigenvalue weighted by atomic mass is 19.4. The molecule has 0 bridgehead atoms. The summed E-state index contributed by atoms with van der Waals surface area (Å²) >= 11 is 0. The second kappa shape index (κ2) is 8.58. The summed E-state index contributed by atoms with van der Waals surface area (Å²) < 4.78 is 96.3. The summed E-state index contributed by atoms with van der Waals surface area (Å²) in [5, 5.41) is 20.2. The average Bonchev–Trinajstić information content (AvgIpc) is 2.61. The zero-order valence-corrected chi connectivity index (χ0v) is 17.2. The van der Waals surface area contributed by atoms with Crippen LogP contribution >= 0.6 is 0 Å². The molecule has 0 radical (unpaired) electrons. The maximum Gasteiger partial charge on any atom is 0.411 e. The van der Waals surface area contributed by atoms with E-state index in [1.54, 1.807) is 0 Å². The smallest absolute Gasteiger partial charge is 0.411 e. The maximum absolute atomic E-state index is 14.4. The summed E-state index contributed by atoms with van der Waals surface area (Å²) in [6.07, 6.45) is -11.6. The lowest BCUT2D eigenvalue weighted by molar-refractivity contribution is -0.288. The third-order valence-electron chi connectivity index (χ3n) is 5.07. The molecule has 31 heavy (non-hydrogen) atoms. The van der Waals surface area contributed by atoms with Gasteiger partial charge in [-0.1, -0.05) is 12.1 Å². The molecule has 2 aromatic rings. The van der Waals surface area contributed by atoms with Crippen LogP contribution in [0.3, 0.4) is 0 Å². The number of phenolic OH excluding ortho intramolecular Hbond substituents is 2. The summed E-state index contributed by atoms with van der Waals surface area (Å²) in [6, 6.07) is 2.61. The van der Waals surface area contributed by atoms with Gasteiger partial charge in [-0.3, -0.25) is 0 Å².